The molecule has 0 amide bonds. The van der Waals surface area contributed by atoms with Crippen molar-refractivity contribution in [2.24, 2.45) is 0 Å². The lowest BCUT2D eigenvalue weighted by Gasteiger charge is -2.14. The van der Waals surface area contributed by atoms with Crippen molar-refractivity contribution < 1.29 is 0 Å². The quantitative estimate of drug-likeness (QED) is 0.848. The Morgan fingerprint density at radius 2 is 2.35 bits per heavy atom. The van der Waals surface area contributed by atoms with Crippen LogP contribution in [0.15, 0.2) is 27.9 Å². The maximum atomic E-state index is 12.2. The van der Waals surface area contributed by atoms with Crippen LogP contribution in [0.3, 0.4) is 0 Å². The Morgan fingerprint density at radius 1 is 1.55 bits per heavy atom. The van der Waals surface area contributed by atoms with Crippen LogP contribution in [0.25, 0.3) is 0 Å². The molecule has 7 heteroatoms. The zero-order chi connectivity index (χ0) is 14.5. The second-order valence-corrected chi connectivity index (χ2v) is 5.39. The first-order valence-corrected chi connectivity index (χ1v) is 7.44. The molecular weight excluding hydrogens is 322 g/mol. The lowest BCUT2D eigenvalue weighted by atomic mass is 10.3. The molecule has 0 aromatic carbocycles. The van der Waals surface area contributed by atoms with E-state index in [1.54, 1.807) is 18.6 Å². The Bertz CT molecular complexity index is 608. The number of aryl methyl sites for hydroxylation is 1. The number of hydrogen-bond acceptors (Lipinski definition) is 4. The Kier molecular flexibility index (Phi) is 4.94. The van der Waals surface area contributed by atoms with E-state index < -0.39 is 0 Å². The second kappa shape index (κ2) is 6.69. The van der Waals surface area contributed by atoms with Crippen LogP contribution in [0.5, 0.6) is 0 Å². The summed E-state index contributed by atoms with van der Waals surface area (Å²) in [5.41, 5.74) is 0.557. The van der Waals surface area contributed by atoms with Crippen LogP contribution in [-0.2, 0) is 6.54 Å². The van der Waals surface area contributed by atoms with Crippen molar-refractivity contribution in [3.8, 4) is 0 Å². The molecule has 0 saturated carbocycles. The summed E-state index contributed by atoms with van der Waals surface area (Å²) in [6, 6.07) is -0.0333. The van der Waals surface area contributed by atoms with E-state index in [-0.39, 0.29) is 11.6 Å². The third-order valence-corrected chi connectivity index (χ3v) is 3.78. The summed E-state index contributed by atoms with van der Waals surface area (Å²) in [5.74, 6) is 0.812. The Labute approximate surface area is 125 Å². The summed E-state index contributed by atoms with van der Waals surface area (Å²) in [5, 5.41) is 7.41. The number of anilines is 1. The molecule has 0 aliphatic carbocycles. The van der Waals surface area contributed by atoms with Crippen molar-refractivity contribution in [2.75, 3.05) is 5.32 Å². The highest BCUT2D eigenvalue weighted by Gasteiger charge is 2.13. The van der Waals surface area contributed by atoms with E-state index >= 15 is 0 Å². The van der Waals surface area contributed by atoms with Crippen LogP contribution in [0, 0.1) is 0 Å². The first kappa shape index (κ1) is 14.8. The van der Waals surface area contributed by atoms with Crippen LogP contribution in [0.2, 0.25) is 0 Å². The highest BCUT2D eigenvalue weighted by molar-refractivity contribution is 9.10. The predicted molar refractivity (Wildman–Crippen MR) is 81.7 cm³/mol. The first-order chi connectivity index (χ1) is 9.63. The van der Waals surface area contributed by atoms with Gasteiger partial charge in [0.15, 0.2) is 0 Å². The molecule has 108 valence electrons. The standard InChI is InChI=1S/C13H18BrN5O/c1-3-4-7-19-13(20)11(14)10(8-17-19)18-9(2)12-15-5-6-16-12/h5-6,8-9,18H,3-4,7H2,1-2H3,(H,15,16). The van der Waals surface area contributed by atoms with Crippen molar-refractivity contribution in [2.45, 2.75) is 39.3 Å². The summed E-state index contributed by atoms with van der Waals surface area (Å²) in [7, 11) is 0. The summed E-state index contributed by atoms with van der Waals surface area (Å²) in [6.45, 7) is 4.69. The number of aromatic amines is 1. The van der Waals surface area contributed by atoms with Crippen molar-refractivity contribution in [3.63, 3.8) is 0 Å². The van der Waals surface area contributed by atoms with Gasteiger partial charge in [0, 0.05) is 18.9 Å². The fourth-order valence-corrected chi connectivity index (χ4v) is 2.27. The van der Waals surface area contributed by atoms with Gasteiger partial charge in [0.05, 0.1) is 17.9 Å². The molecule has 0 aliphatic rings. The van der Waals surface area contributed by atoms with Gasteiger partial charge in [-0.05, 0) is 29.3 Å². The summed E-state index contributed by atoms with van der Waals surface area (Å²) >= 11 is 3.35. The molecule has 1 unspecified atom stereocenters. The number of H-pyrrole nitrogens is 1. The van der Waals surface area contributed by atoms with Crippen LogP contribution in [0.4, 0.5) is 5.69 Å². The van der Waals surface area contributed by atoms with E-state index in [2.05, 4.69) is 43.2 Å². The number of aromatic nitrogens is 4. The van der Waals surface area contributed by atoms with Crippen molar-refractivity contribution >= 4 is 21.6 Å². The largest absolute Gasteiger partial charge is 0.373 e. The molecule has 2 heterocycles. The zero-order valence-corrected chi connectivity index (χ0v) is 13.1. The van der Waals surface area contributed by atoms with Gasteiger partial charge >= 0.3 is 0 Å². The Morgan fingerprint density at radius 3 is 3.00 bits per heavy atom. The zero-order valence-electron chi connectivity index (χ0n) is 11.6. The minimum Gasteiger partial charge on any atom is -0.373 e. The molecule has 0 spiro atoms. The molecule has 0 fully saturated rings. The minimum atomic E-state index is -0.116. The SMILES string of the molecule is CCCCn1ncc(NC(C)c2ncc[nH]2)c(Br)c1=O. The molecule has 0 saturated heterocycles. The van der Waals surface area contributed by atoms with Gasteiger partial charge in [0.25, 0.3) is 5.56 Å². The number of halogens is 1. The smallest absolute Gasteiger partial charge is 0.283 e. The van der Waals surface area contributed by atoms with Gasteiger partial charge in [-0.1, -0.05) is 13.3 Å². The number of nitrogens with zero attached hydrogens (tertiary/aromatic N) is 3. The van der Waals surface area contributed by atoms with Gasteiger partial charge < -0.3 is 10.3 Å². The number of nitrogens with one attached hydrogen (secondary N) is 2. The third kappa shape index (κ3) is 3.27. The average Bonchev–Trinajstić information content (AvgIpc) is 2.97. The number of imidazole rings is 1. The van der Waals surface area contributed by atoms with E-state index in [0.717, 1.165) is 18.7 Å². The maximum absolute atomic E-state index is 12.2. The van der Waals surface area contributed by atoms with Crippen LogP contribution in [0.1, 0.15) is 38.6 Å². The van der Waals surface area contributed by atoms with Gasteiger partial charge in [0.2, 0.25) is 0 Å². The first-order valence-electron chi connectivity index (χ1n) is 6.65. The minimum absolute atomic E-state index is 0.0333. The number of unbranched alkanes of at least 4 members (excludes halogenated alkanes) is 1. The van der Waals surface area contributed by atoms with Crippen LogP contribution in [-0.4, -0.2) is 19.7 Å². The molecule has 2 rings (SSSR count). The van der Waals surface area contributed by atoms with E-state index in [1.807, 2.05) is 6.92 Å². The molecule has 6 nitrogen and oxygen atoms in total. The van der Waals surface area contributed by atoms with Gasteiger partial charge in [-0.3, -0.25) is 4.79 Å². The highest BCUT2D eigenvalue weighted by Crippen LogP contribution is 2.21. The molecule has 2 aromatic rings. The predicted octanol–water partition coefficient (Wildman–Crippen LogP) is 2.70. The third-order valence-electron chi connectivity index (χ3n) is 3.01. The monoisotopic (exact) mass is 339 g/mol. The number of rotatable bonds is 6. The van der Waals surface area contributed by atoms with Gasteiger partial charge in [-0.2, -0.15) is 5.10 Å². The van der Waals surface area contributed by atoms with Crippen LogP contribution < -0.4 is 10.9 Å². The molecular formula is C13H18BrN5O. The summed E-state index contributed by atoms with van der Waals surface area (Å²) < 4.78 is 1.98. The highest BCUT2D eigenvalue weighted by atomic mass is 79.9. The molecule has 2 aromatic heterocycles. The second-order valence-electron chi connectivity index (χ2n) is 4.59. The molecule has 1 atom stereocenters. The lowest BCUT2D eigenvalue weighted by molar-refractivity contribution is 0.541. The lowest BCUT2D eigenvalue weighted by Crippen LogP contribution is -2.25. The fourth-order valence-electron chi connectivity index (χ4n) is 1.85. The molecule has 0 bridgehead atoms. The molecule has 2 N–H and O–H groups in total. The maximum Gasteiger partial charge on any atom is 0.283 e. The average molecular weight is 340 g/mol. The fraction of sp³-hybridized carbons (Fsp3) is 0.462. The Hall–Kier alpha value is -1.63. The van der Waals surface area contributed by atoms with Crippen molar-refractivity contribution in [3.05, 3.63) is 39.2 Å². The van der Waals surface area contributed by atoms with Crippen LogP contribution >= 0.6 is 15.9 Å². The molecule has 0 radical (unpaired) electrons. The Balaban J connectivity index is 2.17. The van der Waals surface area contributed by atoms with E-state index in [1.165, 1.54) is 4.68 Å². The van der Waals surface area contributed by atoms with Gasteiger partial charge in [-0.15, -0.1) is 0 Å². The topological polar surface area (TPSA) is 75.6 Å². The van der Waals surface area contributed by atoms with Gasteiger partial charge in [-0.25, -0.2) is 9.67 Å². The van der Waals surface area contributed by atoms with Crippen molar-refractivity contribution in [1.82, 2.24) is 19.7 Å². The summed E-state index contributed by atoms with van der Waals surface area (Å²) in [4.78, 5) is 19.4. The number of hydrogen-bond donors (Lipinski definition) is 2. The van der Waals surface area contributed by atoms with E-state index in [0.29, 0.717) is 16.7 Å². The van der Waals surface area contributed by atoms with E-state index in [9.17, 15) is 4.79 Å². The van der Waals surface area contributed by atoms with Crippen molar-refractivity contribution in [1.29, 1.82) is 0 Å². The summed E-state index contributed by atoms with van der Waals surface area (Å²) in [6.07, 6.45) is 7.10. The molecule has 20 heavy (non-hydrogen) atoms. The molecule has 0 aliphatic heterocycles. The normalized spacial score (nSPS) is 12.3. The van der Waals surface area contributed by atoms with Gasteiger partial charge in [0.1, 0.15) is 10.3 Å². The van der Waals surface area contributed by atoms with E-state index in [4.69, 9.17) is 0 Å².